The van der Waals surface area contributed by atoms with Crippen molar-refractivity contribution in [3.63, 3.8) is 0 Å². The molecule has 0 aliphatic heterocycles. The highest BCUT2D eigenvalue weighted by Crippen LogP contribution is 2.32. The van der Waals surface area contributed by atoms with Crippen LogP contribution in [0.15, 0.2) is 44.2 Å². The fourth-order valence-electron chi connectivity index (χ4n) is 2.29. The summed E-state index contributed by atoms with van der Waals surface area (Å²) >= 11 is 6.61. The summed E-state index contributed by atoms with van der Waals surface area (Å²) in [6, 6.07) is 7.70. The summed E-state index contributed by atoms with van der Waals surface area (Å²) in [7, 11) is -4.61. The van der Waals surface area contributed by atoms with Gasteiger partial charge >= 0.3 is 5.97 Å². The molecule has 0 bridgehead atoms. The van der Waals surface area contributed by atoms with E-state index in [0.717, 1.165) is 0 Å². The third-order valence-electron chi connectivity index (χ3n) is 3.50. The quantitative estimate of drug-likeness (QED) is 0.350. The molecule has 25 heavy (non-hydrogen) atoms. The highest BCUT2D eigenvalue weighted by atomic mass is 79.9. The lowest BCUT2D eigenvalue weighted by atomic mass is 10.0. The van der Waals surface area contributed by atoms with Crippen molar-refractivity contribution in [2.24, 2.45) is 0 Å². The summed E-state index contributed by atoms with van der Waals surface area (Å²) in [4.78, 5) is 12.1. The van der Waals surface area contributed by atoms with Crippen LogP contribution in [0.1, 0.15) is 41.3 Å². The van der Waals surface area contributed by atoms with Gasteiger partial charge in [0.2, 0.25) is 0 Å². The number of hydrogen-bond acceptors (Lipinski definition) is 5. The van der Waals surface area contributed by atoms with Gasteiger partial charge in [-0.15, -0.1) is 0 Å². The fraction of sp³-hybridized carbons (Fsp3) is 0.235. The Balaban J connectivity index is 2.46. The molecule has 134 valence electrons. The Hall–Kier alpha value is -1.22. The molecule has 0 aliphatic rings. The van der Waals surface area contributed by atoms with Gasteiger partial charge in [-0.05, 0) is 54.3 Å². The Morgan fingerprint density at radius 1 is 1.08 bits per heavy atom. The van der Waals surface area contributed by atoms with Gasteiger partial charge in [0, 0.05) is 8.95 Å². The molecule has 0 radical (unpaired) electrons. The average molecular weight is 491 g/mol. The number of rotatable bonds is 4. The van der Waals surface area contributed by atoms with Crippen LogP contribution in [0.4, 0.5) is 0 Å². The maximum absolute atomic E-state index is 12.4. The topological polar surface area (TPSA) is 83.5 Å². The molecule has 0 unspecified atom stereocenters. The molecule has 5 nitrogen and oxygen atoms in total. The third-order valence-corrected chi connectivity index (χ3v) is 5.31. The highest BCUT2D eigenvalue weighted by molar-refractivity contribution is 9.11. The van der Waals surface area contributed by atoms with Crippen molar-refractivity contribution in [1.29, 1.82) is 0 Å². The minimum absolute atomic E-state index is 0.220. The molecular formula is C17H15Br2O5S-. The number of halogens is 2. The van der Waals surface area contributed by atoms with Gasteiger partial charge in [-0.1, -0.05) is 45.7 Å². The monoisotopic (exact) mass is 489 g/mol. The van der Waals surface area contributed by atoms with Crippen LogP contribution in [-0.2, 0) is 10.1 Å². The Morgan fingerprint density at radius 2 is 1.64 bits per heavy atom. The molecule has 0 N–H and O–H groups in total. The lowest BCUT2D eigenvalue weighted by Crippen LogP contribution is -2.12. The molecule has 8 heteroatoms. The van der Waals surface area contributed by atoms with E-state index in [2.05, 4.69) is 31.9 Å². The molecule has 0 amide bonds. The van der Waals surface area contributed by atoms with E-state index in [9.17, 15) is 17.8 Å². The van der Waals surface area contributed by atoms with Crippen LogP contribution in [0.3, 0.4) is 0 Å². The summed E-state index contributed by atoms with van der Waals surface area (Å²) in [5.74, 6) is -0.591. The van der Waals surface area contributed by atoms with Crippen LogP contribution in [-0.4, -0.2) is 18.9 Å². The van der Waals surface area contributed by atoms with Crippen molar-refractivity contribution in [3.05, 3.63) is 56.0 Å². The van der Waals surface area contributed by atoms with E-state index in [1.165, 1.54) is 12.1 Å². The summed E-state index contributed by atoms with van der Waals surface area (Å²) in [5.41, 5.74) is 1.03. The lowest BCUT2D eigenvalue weighted by molar-refractivity contribution is 0.0733. The smallest absolute Gasteiger partial charge is 0.343 e. The van der Waals surface area contributed by atoms with Crippen molar-refractivity contribution < 1.29 is 22.5 Å². The van der Waals surface area contributed by atoms with E-state index < -0.39 is 16.1 Å². The molecule has 0 saturated carbocycles. The number of benzene rings is 2. The number of carbonyl (C=O) groups is 1. The van der Waals surface area contributed by atoms with Crippen molar-refractivity contribution in [2.75, 3.05) is 0 Å². The van der Waals surface area contributed by atoms with Crippen molar-refractivity contribution in [3.8, 4) is 5.75 Å². The molecule has 0 saturated heterocycles. The molecule has 0 aliphatic carbocycles. The largest absolute Gasteiger partial charge is 0.744 e. The number of esters is 1. The van der Waals surface area contributed by atoms with Crippen LogP contribution in [0.25, 0.3) is 0 Å². The molecule has 0 heterocycles. The van der Waals surface area contributed by atoms with Crippen molar-refractivity contribution in [1.82, 2.24) is 0 Å². The van der Waals surface area contributed by atoms with Gasteiger partial charge in [0.05, 0.1) is 10.5 Å². The zero-order valence-electron chi connectivity index (χ0n) is 13.7. The van der Waals surface area contributed by atoms with Crippen LogP contribution in [0.5, 0.6) is 5.75 Å². The van der Waals surface area contributed by atoms with Gasteiger partial charge in [-0.2, -0.15) is 0 Å². The number of aryl methyl sites for hydroxylation is 1. The average Bonchev–Trinajstić information content (AvgIpc) is 2.46. The minimum Gasteiger partial charge on any atom is -0.744 e. The highest BCUT2D eigenvalue weighted by Gasteiger charge is 2.18. The second kappa shape index (κ2) is 7.57. The maximum atomic E-state index is 12.4. The van der Waals surface area contributed by atoms with Crippen LogP contribution in [0, 0.1) is 6.92 Å². The van der Waals surface area contributed by atoms with E-state index in [1.54, 1.807) is 39.0 Å². The SMILES string of the molecule is Cc1cc(S(=O)(=O)[O-])c(C(C)C)cc1OC(=O)c1cc(Br)cc(Br)c1. The van der Waals surface area contributed by atoms with Crippen LogP contribution < -0.4 is 4.74 Å². The Bertz CT molecular complexity index is 916. The molecule has 0 aromatic heterocycles. The lowest BCUT2D eigenvalue weighted by Gasteiger charge is -2.19. The first-order valence-electron chi connectivity index (χ1n) is 7.27. The predicted octanol–water partition coefficient (Wildman–Crippen LogP) is 4.77. The molecule has 2 rings (SSSR count). The summed E-state index contributed by atoms with van der Waals surface area (Å²) in [6.07, 6.45) is 0. The molecule has 0 atom stereocenters. The number of ether oxygens (including phenoxy) is 1. The van der Waals surface area contributed by atoms with E-state index in [1.807, 2.05) is 0 Å². The second-order valence-electron chi connectivity index (χ2n) is 5.81. The van der Waals surface area contributed by atoms with Gasteiger partial charge in [0.25, 0.3) is 0 Å². The molecular weight excluding hydrogens is 476 g/mol. The van der Waals surface area contributed by atoms with Crippen LogP contribution in [0.2, 0.25) is 0 Å². The molecule has 0 spiro atoms. The fourth-order valence-corrected chi connectivity index (χ4v) is 4.48. The molecule has 0 fully saturated rings. The Labute approximate surface area is 163 Å². The summed E-state index contributed by atoms with van der Waals surface area (Å²) < 4.78 is 41.2. The maximum Gasteiger partial charge on any atom is 0.343 e. The summed E-state index contributed by atoms with van der Waals surface area (Å²) in [5, 5.41) is 0. The third kappa shape index (κ3) is 4.91. The van der Waals surface area contributed by atoms with Gasteiger partial charge in [0.1, 0.15) is 15.9 Å². The number of hydrogen-bond donors (Lipinski definition) is 0. The first-order chi connectivity index (χ1) is 11.5. The van der Waals surface area contributed by atoms with Crippen molar-refractivity contribution in [2.45, 2.75) is 31.6 Å². The van der Waals surface area contributed by atoms with Gasteiger partial charge in [-0.25, -0.2) is 13.2 Å². The standard InChI is InChI=1S/C17H16Br2O5S/c1-9(2)14-8-15(10(3)4-16(14)25(21,22)23)24-17(20)11-5-12(18)7-13(19)6-11/h4-9H,1-3H3,(H,21,22,23)/p-1. The normalized spacial score (nSPS) is 11.6. The number of carbonyl (C=O) groups excluding carboxylic acids is 1. The van der Waals surface area contributed by atoms with E-state index >= 15 is 0 Å². The van der Waals surface area contributed by atoms with E-state index in [-0.39, 0.29) is 16.6 Å². The van der Waals surface area contributed by atoms with E-state index in [0.29, 0.717) is 25.6 Å². The zero-order valence-corrected chi connectivity index (χ0v) is 17.7. The van der Waals surface area contributed by atoms with Gasteiger partial charge in [-0.3, -0.25) is 0 Å². The molecule has 2 aromatic carbocycles. The van der Waals surface area contributed by atoms with Crippen LogP contribution >= 0.6 is 31.9 Å². The first-order valence-corrected chi connectivity index (χ1v) is 10.3. The Kier molecular flexibility index (Phi) is 6.09. The van der Waals surface area contributed by atoms with Gasteiger partial charge in [0.15, 0.2) is 0 Å². The predicted molar refractivity (Wildman–Crippen MR) is 100 cm³/mol. The zero-order chi connectivity index (χ0) is 18.9. The first kappa shape index (κ1) is 20.1. The van der Waals surface area contributed by atoms with Crippen molar-refractivity contribution >= 4 is 47.9 Å². The minimum atomic E-state index is -4.61. The summed E-state index contributed by atoms with van der Waals surface area (Å²) in [6.45, 7) is 5.10. The molecule has 2 aromatic rings. The van der Waals surface area contributed by atoms with Gasteiger partial charge < -0.3 is 9.29 Å². The van der Waals surface area contributed by atoms with E-state index in [4.69, 9.17) is 4.74 Å². The Morgan fingerprint density at radius 3 is 2.12 bits per heavy atom. The second-order valence-corrected chi connectivity index (χ2v) is 8.99.